The van der Waals surface area contributed by atoms with E-state index in [0.29, 0.717) is 0 Å². The van der Waals surface area contributed by atoms with Crippen molar-refractivity contribution < 1.29 is 0 Å². The molecule has 4 nitrogen and oxygen atoms in total. The molecule has 0 radical (unpaired) electrons. The van der Waals surface area contributed by atoms with E-state index in [9.17, 15) is 0 Å². The van der Waals surface area contributed by atoms with E-state index in [1.807, 2.05) is 12.4 Å². The van der Waals surface area contributed by atoms with Crippen LogP contribution in [0.1, 0.15) is 22.3 Å². The normalized spacial score (nSPS) is 12.1. The molecule has 0 aliphatic heterocycles. The maximum atomic E-state index is 4.93. The first kappa shape index (κ1) is 32.9. The Balaban J connectivity index is 1.03. The van der Waals surface area contributed by atoms with E-state index in [4.69, 9.17) is 9.97 Å². The lowest BCUT2D eigenvalue weighted by Gasteiger charge is -2.18. The monoisotopic (exact) mass is 742 g/mol. The van der Waals surface area contributed by atoms with Gasteiger partial charge in [-0.25, -0.2) is 0 Å². The molecule has 274 valence electrons. The molecule has 3 aromatic heterocycles. The molecule has 0 spiro atoms. The van der Waals surface area contributed by atoms with Crippen molar-refractivity contribution in [1.29, 1.82) is 0 Å². The average molecular weight is 743 g/mol. The molecule has 12 rings (SSSR count). The quantitative estimate of drug-likeness (QED) is 0.180. The molecule has 11 aromatic rings. The SMILES string of the molecule is Cc1cc(-n2c3ccccc3c3ccccc32)c(C)cc1-c1cc2c3c(cc(-c4cc(C)c(-n5c6ccccc6c6ccccc65)cc4C)cc3c1)-c1nccnc1-2. The van der Waals surface area contributed by atoms with E-state index in [1.54, 1.807) is 0 Å². The standard InChI is InChI=1S/C54H38N4/c1-31-25-50(57-46-17-9-5-13-38(46)39-14-6-10-18-47(39)57)33(3)23-42(31)35-27-37-28-36(30-45-52(37)44(29-35)53-54(45)56-22-21-55-53)43-24-34(4)51(26-32(43)2)58-48-19-11-7-15-40(48)41-16-8-12-20-49(41)58/h5-30H,1-4H3. The van der Waals surface area contributed by atoms with Gasteiger partial charge in [0, 0.05) is 61.8 Å². The van der Waals surface area contributed by atoms with Gasteiger partial charge in [-0.05, 0) is 150 Å². The molecule has 0 unspecified atom stereocenters. The second-order valence-electron chi connectivity index (χ2n) is 16.0. The zero-order chi connectivity index (χ0) is 38.8. The van der Waals surface area contributed by atoms with Crippen molar-refractivity contribution in [3.63, 3.8) is 0 Å². The Labute approximate surface area is 336 Å². The van der Waals surface area contributed by atoms with Crippen LogP contribution in [0.5, 0.6) is 0 Å². The van der Waals surface area contributed by atoms with Crippen LogP contribution in [-0.2, 0) is 0 Å². The van der Waals surface area contributed by atoms with Gasteiger partial charge < -0.3 is 9.13 Å². The molecule has 8 aromatic carbocycles. The highest BCUT2D eigenvalue weighted by Crippen LogP contribution is 2.49. The lowest BCUT2D eigenvalue weighted by molar-refractivity contribution is 1.14. The molecule has 0 amide bonds. The first-order valence-corrected chi connectivity index (χ1v) is 20.1. The van der Waals surface area contributed by atoms with Gasteiger partial charge in [0.2, 0.25) is 0 Å². The summed E-state index contributed by atoms with van der Waals surface area (Å²) in [5.74, 6) is 0. The lowest BCUT2D eigenvalue weighted by Crippen LogP contribution is -1.99. The third-order valence-electron chi connectivity index (χ3n) is 12.6. The van der Waals surface area contributed by atoms with Gasteiger partial charge in [-0.15, -0.1) is 0 Å². The van der Waals surface area contributed by atoms with Crippen LogP contribution in [0, 0.1) is 27.7 Å². The van der Waals surface area contributed by atoms with Gasteiger partial charge in [0.05, 0.1) is 33.5 Å². The van der Waals surface area contributed by atoms with Crippen LogP contribution in [0.15, 0.2) is 158 Å². The Hall–Kier alpha value is -7.30. The van der Waals surface area contributed by atoms with Gasteiger partial charge in [-0.2, -0.15) is 0 Å². The summed E-state index contributed by atoms with van der Waals surface area (Å²) in [5.41, 5.74) is 21.3. The summed E-state index contributed by atoms with van der Waals surface area (Å²) in [6.45, 7) is 8.98. The van der Waals surface area contributed by atoms with E-state index in [0.717, 1.165) is 22.5 Å². The van der Waals surface area contributed by atoms with E-state index in [2.05, 4.69) is 182 Å². The Morgan fingerprint density at radius 2 is 0.724 bits per heavy atom. The van der Waals surface area contributed by atoms with Crippen molar-refractivity contribution in [3.8, 4) is 56.1 Å². The first-order chi connectivity index (χ1) is 28.4. The van der Waals surface area contributed by atoms with Crippen LogP contribution in [0.2, 0.25) is 0 Å². The molecule has 0 atom stereocenters. The molecule has 3 heterocycles. The molecule has 0 fully saturated rings. The van der Waals surface area contributed by atoms with Crippen molar-refractivity contribution >= 4 is 54.4 Å². The summed E-state index contributed by atoms with van der Waals surface area (Å²) in [5, 5.41) is 7.52. The average Bonchev–Trinajstić information content (AvgIpc) is 3.88. The zero-order valence-electron chi connectivity index (χ0n) is 32.8. The third kappa shape index (κ3) is 4.57. The number of rotatable bonds is 4. The van der Waals surface area contributed by atoms with Gasteiger partial charge >= 0.3 is 0 Å². The molecular formula is C54H38N4. The second kappa shape index (κ2) is 12.1. The first-order valence-electron chi connectivity index (χ1n) is 20.1. The van der Waals surface area contributed by atoms with Crippen molar-refractivity contribution in [2.24, 2.45) is 0 Å². The fraction of sp³-hybridized carbons (Fsp3) is 0.0741. The van der Waals surface area contributed by atoms with Crippen molar-refractivity contribution in [2.45, 2.75) is 27.7 Å². The van der Waals surface area contributed by atoms with Gasteiger partial charge in [-0.1, -0.05) is 72.8 Å². The number of hydrogen-bond donors (Lipinski definition) is 0. The predicted octanol–water partition coefficient (Wildman–Crippen LogP) is 14.0. The fourth-order valence-corrected chi connectivity index (χ4v) is 10.0. The molecule has 4 heteroatoms. The summed E-state index contributed by atoms with van der Waals surface area (Å²) in [7, 11) is 0. The summed E-state index contributed by atoms with van der Waals surface area (Å²) in [6.07, 6.45) is 3.64. The van der Waals surface area contributed by atoms with Crippen molar-refractivity contribution in [1.82, 2.24) is 19.1 Å². The minimum atomic E-state index is 0.951. The highest BCUT2D eigenvalue weighted by molar-refractivity contribution is 6.16. The van der Waals surface area contributed by atoms with E-state index in [1.165, 1.54) is 110 Å². The maximum Gasteiger partial charge on any atom is 0.0972 e. The van der Waals surface area contributed by atoms with Crippen LogP contribution >= 0.6 is 0 Å². The number of benzene rings is 8. The molecule has 0 saturated heterocycles. The molecule has 1 aliphatic rings. The van der Waals surface area contributed by atoms with E-state index >= 15 is 0 Å². The number of fused-ring (bicyclic) bond motifs is 9. The molecule has 0 bridgehead atoms. The van der Waals surface area contributed by atoms with Crippen molar-refractivity contribution in [3.05, 3.63) is 180 Å². The molecule has 1 aliphatic carbocycles. The number of aromatic nitrogens is 4. The predicted molar refractivity (Wildman–Crippen MR) is 242 cm³/mol. The lowest BCUT2D eigenvalue weighted by atomic mass is 9.90. The van der Waals surface area contributed by atoms with Crippen LogP contribution in [0.25, 0.3) is 111 Å². The van der Waals surface area contributed by atoms with Gasteiger partial charge in [0.1, 0.15) is 0 Å². The smallest absolute Gasteiger partial charge is 0.0972 e. The van der Waals surface area contributed by atoms with Crippen LogP contribution in [0.3, 0.4) is 0 Å². The van der Waals surface area contributed by atoms with Crippen molar-refractivity contribution in [2.75, 3.05) is 0 Å². The van der Waals surface area contributed by atoms with Crippen LogP contribution in [0.4, 0.5) is 0 Å². The summed E-state index contributed by atoms with van der Waals surface area (Å²) in [6, 6.07) is 53.9. The Morgan fingerprint density at radius 1 is 0.362 bits per heavy atom. The Kier molecular flexibility index (Phi) is 6.86. The summed E-state index contributed by atoms with van der Waals surface area (Å²) in [4.78, 5) is 9.87. The Morgan fingerprint density at radius 3 is 1.10 bits per heavy atom. The second-order valence-corrected chi connectivity index (χ2v) is 16.0. The zero-order valence-corrected chi connectivity index (χ0v) is 32.8. The number of para-hydroxylation sites is 4. The maximum absolute atomic E-state index is 4.93. The molecule has 0 N–H and O–H groups in total. The van der Waals surface area contributed by atoms with Gasteiger partial charge in [0.25, 0.3) is 0 Å². The largest absolute Gasteiger partial charge is 0.309 e. The fourth-order valence-electron chi connectivity index (χ4n) is 10.0. The minimum Gasteiger partial charge on any atom is -0.309 e. The third-order valence-corrected chi connectivity index (χ3v) is 12.6. The number of aryl methyl sites for hydroxylation is 4. The van der Waals surface area contributed by atoms with Crippen LogP contribution in [-0.4, -0.2) is 19.1 Å². The highest BCUT2D eigenvalue weighted by Gasteiger charge is 2.27. The molecule has 58 heavy (non-hydrogen) atoms. The van der Waals surface area contributed by atoms with Crippen LogP contribution < -0.4 is 0 Å². The summed E-state index contributed by atoms with van der Waals surface area (Å²) >= 11 is 0. The Bertz CT molecular complexity index is 3220. The topological polar surface area (TPSA) is 35.6 Å². The number of hydrogen-bond acceptors (Lipinski definition) is 2. The van der Waals surface area contributed by atoms with E-state index < -0.39 is 0 Å². The molecular weight excluding hydrogens is 705 g/mol. The van der Waals surface area contributed by atoms with E-state index in [-0.39, 0.29) is 0 Å². The summed E-state index contributed by atoms with van der Waals surface area (Å²) < 4.78 is 4.86. The number of nitrogens with zero attached hydrogens (tertiary/aromatic N) is 4. The minimum absolute atomic E-state index is 0.951. The highest BCUT2D eigenvalue weighted by atomic mass is 15.0. The molecule has 0 saturated carbocycles. The van der Waals surface area contributed by atoms with Gasteiger partial charge in [-0.3, -0.25) is 9.97 Å². The van der Waals surface area contributed by atoms with Gasteiger partial charge in [0.15, 0.2) is 0 Å².